The molecule has 0 bridgehead atoms. The van der Waals surface area contributed by atoms with Crippen LogP contribution in [0, 0.1) is 0 Å². The van der Waals surface area contributed by atoms with E-state index < -0.39 is 0 Å². The molecule has 1 heterocycles. The maximum absolute atomic E-state index is 12.0. The van der Waals surface area contributed by atoms with Crippen LogP contribution in [0.3, 0.4) is 0 Å². The second-order valence-electron chi connectivity index (χ2n) is 5.70. The lowest BCUT2D eigenvalue weighted by Crippen LogP contribution is -2.43. The Morgan fingerprint density at radius 3 is 2.86 bits per heavy atom. The molecule has 2 N–H and O–H groups in total. The molecule has 5 heteroatoms. The number of ether oxygens (including phenoxy) is 1. The highest BCUT2D eigenvalue weighted by Gasteiger charge is 2.20. The number of amides is 1. The van der Waals surface area contributed by atoms with Gasteiger partial charge in [-0.15, -0.1) is 11.3 Å². The number of nitrogens with one attached hydrogen (secondary N) is 2. The summed E-state index contributed by atoms with van der Waals surface area (Å²) in [7, 11) is 1.63. The van der Waals surface area contributed by atoms with Gasteiger partial charge in [-0.25, -0.2) is 0 Å². The average Bonchev–Trinajstić information content (AvgIpc) is 2.91. The molecular weight excluding hydrogens is 284 g/mol. The molecule has 2 unspecified atom stereocenters. The van der Waals surface area contributed by atoms with Crippen LogP contribution < -0.4 is 10.6 Å². The number of rotatable bonds is 7. The molecule has 0 spiro atoms. The molecule has 0 aromatic carbocycles. The summed E-state index contributed by atoms with van der Waals surface area (Å²) >= 11 is 1.90. The molecule has 1 amide bonds. The molecule has 0 saturated carbocycles. The van der Waals surface area contributed by atoms with Crippen molar-refractivity contribution in [1.29, 1.82) is 0 Å². The van der Waals surface area contributed by atoms with Crippen molar-refractivity contribution in [3.63, 3.8) is 0 Å². The van der Waals surface area contributed by atoms with Crippen LogP contribution in [0.25, 0.3) is 0 Å². The predicted octanol–water partition coefficient (Wildman–Crippen LogP) is 2.43. The van der Waals surface area contributed by atoms with Gasteiger partial charge in [-0.3, -0.25) is 10.1 Å². The summed E-state index contributed by atoms with van der Waals surface area (Å²) in [6.45, 7) is 5.15. The SMILES string of the molecule is COCCNC(=O)C(C)NC(C)c1cc2c(s1)CCCC2. The van der Waals surface area contributed by atoms with E-state index in [9.17, 15) is 4.79 Å². The standard InChI is InChI=1S/C16H26N2O2S/c1-11(18-12(2)16(19)17-8-9-20-3)15-10-13-6-4-5-7-14(13)21-15/h10-12,18H,4-9H2,1-3H3,(H,17,19). The van der Waals surface area contributed by atoms with Gasteiger partial charge in [0.1, 0.15) is 0 Å². The quantitative estimate of drug-likeness (QED) is 0.761. The van der Waals surface area contributed by atoms with Crippen LogP contribution in [-0.2, 0) is 22.4 Å². The summed E-state index contributed by atoms with van der Waals surface area (Å²) in [5.41, 5.74) is 1.52. The third-order valence-corrected chi connectivity index (χ3v) is 5.36. The molecule has 0 fully saturated rings. The first-order valence-corrected chi connectivity index (χ1v) is 8.57. The zero-order valence-electron chi connectivity index (χ0n) is 13.2. The second-order valence-corrected chi connectivity index (χ2v) is 6.87. The van der Waals surface area contributed by atoms with E-state index in [1.54, 1.807) is 12.0 Å². The Morgan fingerprint density at radius 2 is 2.14 bits per heavy atom. The molecule has 1 aliphatic carbocycles. The lowest BCUT2D eigenvalue weighted by Gasteiger charge is -2.18. The van der Waals surface area contributed by atoms with E-state index in [1.165, 1.54) is 36.1 Å². The molecule has 1 aliphatic rings. The van der Waals surface area contributed by atoms with Gasteiger partial charge in [-0.2, -0.15) is 0 Å². The minimum Gasteiger partial charge on any atom is -0.383 e. The van der Waals surface area contributed by atoms with Gasteiger partial charge in [0.15, 0.2) is 0 Å². The number of hydrogen-bond donors (Lipinski definition) is 2. The fraction of sp³-hybridized carbons (Fsp3) is 0.688. The molecule has 118 valence electrons. The molecule has 1 aromatic heterocycles. The maximum atomic E-state index is 12.0. The molecule has 0 saturated heterocycles. The zero-order chi connectivity index (χ0) is 15.2. The predicted molar refractivity (Wildman–Crippen MR) is 86.9 cm³/mol. The van der Waals surface area contributed by atoms with Crippen LogP contribution in [0.1, 0.15) is 48.0 Å². The van der Waals surface area contributed by atoms with Crippen molar-refractivity contribution in [2.45, 2.75) is 51.6 Å². The average molecular weight is 310 g/mol. The largest absolute Gasteiger partial charge is 0.383 e. The third-order valence-electron chi connectivity index (χ3n) is 3.94. The van der Waals surface area contributed by atoms with Gasteiger partial charge in [0.25, 0.3) is 0 Å². The highest BCUT2D eigenvalue weighted by Crippen LogP contribution is 2.32. The van der Waals surface area contributed by atoms with E-state index >= 15 is 0 Å². The molecular formula is C16H26N2O2S. The smallest absolute Gasteiger partial charge is 0.236 e. The summed E-state index contributed by atoms with van der Waals surface area (Å²) in [5.74, 6) is 0.0280. The first-order valence-electron chi connectivity index (χ1n) is 7.76. The first-order chi connectivity index (χ1) is 10.1. The zero-order valence-corrected chi connectivity index (χ0v) is 14.0. The normalized spacial score (nSPS) is 17.1. The van der Waals surface area contributed by atoms with Gasteiger partial charge in [0.2, 0.25) is 5.91 Å². The van der Waals surface area contributed by atoms with Gasteiger partial charge >= 0.3 is 0 Å². The van der Waals surface area contributed by atoms with Gasteiger partial charge in [0.05, 0.1) is 12.6 Å². The highest BCUT2D eigenvalue weighted by molar-refractivity contribution is 7.12. The number of carbonyl (C=O) groups is 1. The minimum absolute atomic E-state index is 0.0280. The first kappa shape index (κ1) is 16.5. The maximum Gasteiger partial charge on any atom is 0.236 e. The van der Waals surface area contributed by atoms with Crippen molar-refractivity contribution < 1.29 is 9.53 Å². The Kier molecular flexibility index (Phi) is 6.21. The van der Waals surface area contributed by atoms with Gasteiger partial charge in [-0.1, -0.05) is 0 Å². The van der Waals surface area contributed by atoms with E-state index in [0.717, 1.165) is 0 Å². The summed E-state index contributed by atoms with van der Waals surface area (Å²) in [6.07, 6.45) is 5.06. The molecule has 1 aromatic rings. The Morgan fingerprint density at radius 1 is 1.38 bits per heavy atom. The fourth-order valence-electron chi connectivity index (χ4n) is 2.69. The van der Waals surface area contributed by atoms with Crippen molar-refractivity contribution in [2.24, 2.45) is 0 Å². The lowest BCUT2D eigenvalue weighted by atomic mass is 9.99. The Balaban J connectivity index is 1.86. The van der Waals surface area contributed by atoms with Crippen LogP contribution in [0.2, 0.25) is 0 Å². The molecule has 21 heavy (non-hydrogen) atoms. The second kappa shape index (κ2) is 7.92. The van der Waals surface area contributed by atoms with Crippen LogP contribution >= 0.6 is 11.3 Å². The third kappa shape index (κ3) is 4.53. The Labute approximate surface area is 131 Å². The minimum atomic E-state index is -0.198. The topological polar surface area (TPSA) is 50.4 Å². The number of carbonyl (C=O) groups excluding carboxylic acids is 1. The Hall–Kier alpha value is -0.910. The van der Waals surface area contributed by atoms with Crippen LogP contribution in [-0.4, -0.2) is 32.2 Å². The van der Waals surface area contributed by atoms with Crippen LogP contribution in [0.4, 0.5) is 0 Å². The van der Waals surface area contributed by atoms with E-state index in [-0.39, 0.29) is 18.0 Å². The monoisotopic (exact) mass is 310 g/mol. The number of methoxy groups -OCH3 is 1. The number of thiophene rings is 1. The van der Waals surface area contributed by atoms with Crippen molar-refractivity contribution in [1.82, 2.24) is 10.6 Å². The lowest BCUT2D eigenvalue weighted by molar-refractivity contribution is -0.123. The van der Waals surface area contributed by atoms with Crippen LogP contribution in [0.15, 0.2) is 6.07 Å². The van der Waals surface area contributed by atoms with E-state index in [0.29, 0.717) is 13.2 Å². The summed E-state index contributed by atoms with van der Waals surface area (Å²) in [5, 5.41) is 6.26. The van der Waals surface area contributed by atoms with Crippen molar-refractivity contribution >= 4 is 17.2 Å². The fourth-order valence-corrected chi connectivity index (χ4v) is 3.96. The van der Waals surface area contributed by atoms with E-state index in [2.05, 4.69) is 23.6 Å². The molecule has 0 aliphatic heterocycles. The highest BCUT2D eigenvalue weighted by atomic mass is 32.1. The summed E-state index contributed by atoms with van der Waals surface area (Å²) < 4.78 is 4.94. The summed E-state index contributed by atoms with van der Waals surface area (Å²) in [4.78, 5) is 14.8. The van der Waals surface area contributed by atoms with Crippen molar-refractivity contribution in [2.75, 3.05) is 20.3 Å². The Bertz CT molecular complexity index is 449. The number of aryl methyl sites for hydroxylation is 2. The van der Waals surface area contributed by atoms with Crippen LogP contribution in [0.5, 0.6) is 0 Å². The van der Waals surface area contributed by atoms with Crippen molar-refractivity contribution in [3.05, 3.63) is 21.4 Å². The van der Waals surface area contributed by atoms with Gasteiger partial charge in [-0.05, 0) is 51.2 Å². The molecule has 0 radical (unpaired) electrons. The van der Waals surface area contributed by atoms with E-state index in [4.69, 9.17) is 4.74 Å². The number of fused-ring (bicyclic) bond motifs is 1. The summed E-state index contributed by atoms with van der Waals surface area (Å²) in [6, 6.07) is 2.34. The molecule has 2 rings (SSSR count). The molecule has 4 nitrogen and oxygen atoms in total. The van der Waals surface area contributed by atoms with E-state index in [1.807, 2.05) is 18.3 Å². The van der Waals surface area contributed by atoms with Gasteiger partial charge in [0, 0.05) is 29.5 Å². The van der Waals surface area contributed by atoms with Crippen molar-refractivity contribution in [3.8, 4) is 0 Å². The molecule has 2 atom stereocenters. The number of hydrogen-bond acceptors (Lipinski definition) is 4. The van der Waals surface area contributed by atoms with Gasteiger partial charge < -0.3 is 10.1 Å².